The molecule has 1 heterocycles. The maximum Gasteiger partial charge on any atom is 0.258 e. The number of carbonyl (C=O) groups excluding carboxylic acids is 2. The van der Waals surface area contributed by atoms with E-state index in [4.69, 9.17) is 10.5 Å². The van der Waals surface area contributed by atoms with Crippen molar-refractivity contribution < 1.29 is 14.3 Å². The van der Waals surface area contributed by atoms with Gasteiger partial charge in [0.2, 0.25) is 5.91 Å². The van der Waals surface area contributed by atoms with Crippen LogP contribution in [0.25, 0.3) is 0 Å². The average molecular weight is 411 g/mol. The summed E-state index contributed by atoms with van der Waals surface area (Å²) in [4.78, 5) is 28.0. The Morgan fingerprint density at radius 3 is 2.13 bits per heavy atom. The van der Waals surface area contributed by atoms with E-state index < -0.39 is 5.91 Å². The van der Waals surface area contributed by atoms with Crippen LogP contribution in [0.15, 0.2) is 48.5 Å². The number of hydrogen-bond donors (Lipinski definition) is 2. The fourth-order valence-electron chi connectivity index (χ4n) is 3.40. The molecule has 2 aromatic carbocycles. The van der Waals surface area contributed by atoms with Gasteiger partial charge >= 0.3 is 0 Å². The van der Waals surface area contributed by atoms with Gasteiger partial charge in [-0.15, -0.1) is 0 Å². The molecule has 0 spiro atoms. The van der Waals surface area contributed by atoms with Crippen LogP contribution in [0.5, 0.6) is 5.75 Å². The molecule has 2 amide bonds. The van der Waals surface area contributed by atoms with E-state index in [9.17, 15) is 9.59 Å². The molecule has 0 saturated carbocycles. The van der Waals surface area contributed by atoms with Crippen LogP contribution >= 0.6 is 0 Å². The lowest BCUT2D eigenvalue weighted by Gasteiger charge is -2.34. The number of hydrogen-bond acceptors (Lipinski definition) is 5. The number of carbonyl (C=O) groups is 2. The average Bonchev–Trinajstić information content (AvgIpc) is 2.78. The molecule has 7 nitrogen and oxygen atoms in total. The van der Waals surface area contributed by atoms with Crippen molar-refractivity contribution in [2.45, 2.75) is 20.0 Å². The van der Waals surface area contributed by atoms with Crippen LogP contribution in [-0.2, 0) is 17.9 Å². The summed E-state index contributed by atoms with van der Waals surface area (Å²) in [5, 5.41) is 2.86. The predicted molar refractivity (Wildman–Crippen MR) is 116 cm³/mol. The maximum atomic E-state index is 12.0. The Bertz CT molecular complexity index is 829. The molecular formula is C23H30N4O3. The molecule has 0 aliphatic carbocycles. The van der Waals surface area contributed by atoms with Gasteiger partial charge in [0, 0.05) is 44.8 Å². The second kappa shape index (κ2) is 10.8. The number of benzene rings is 2. The zero-order valence-electron chi connectivity index (χ0n) is 17.5. The molecule has 0 unspecified atom stereocenters. The Labute approximate surface area is 177 Å². The summed E-state index contributed by atoms with van der Waals surface area (Å²) in [6.07, 6.45) is 0. The first kappa shape index (κ1) is 21.8. The van der Waals surface area contributed by atoms with Crippen molar-refractivity contribution in [3.63, 3.8) is 0 Å². The fourth-order valence-corrected chi connectivity index (χ4v) is 3.40. The Hall–Kier alpha value is -2.90. The second-order valence-electron chi connectivity index (χ2n) is 7.48. The first-order chi connectivity index (χ1) is 14.5. The predicted octanol–water partition coefficient (Wildman–Crippen LogP) is 1.62. The van der Waals surface area contributed by atoms with Crippen molar-refractivity contribution in [3.05, 3.63) is 65.2 Å². The summed E-state index contributed by atoms with van der Waals surface area (Å²) in [7, 11) is 0. The van der Waals surface area contributed by atoms with Gasteiger partial charge in [0.25, 0.3) is 5.91 Å². The molecule has 2 aromatic rings. The number of ether oxygens (including phenoxy) is 1. The highest BCUT2D eigenvalue weighted by Gasteiger charge is 2.15. The fraction of sp³-hybridized carbons (Fsp3) is 0.391. The Morgan fingerprint density at radius 2 is 1.53 bits per heavy atom. The third-order valence-electron chi connectivity index (χ3n) is 5.34. The minimum atomic E-state index is -0.496. The molecule has 3 N–H and O–H groups in total. The van der Waals surface area contributed by atoms with Crippen molar-refractivity contribution in [2.24, 2.45) is 5.73 Å². The molecule has 1 fully saturated rings. The minimum absolute atomic E-state index is 0.0856. The topological polar surface area (TPSA) is 87.9 Å². The molecule has 1 aliphatic heterocycles. The van der Waals surface area contributed by atoms with Crippen LogP contribution in [-0.4, -0.2) is 60.9 Å². The highest BCUT2D eigenvalue weighted by atomic mass is 16.5. The maximum absolute atomic E-state index is 12.0. The third-order valence-corrected chi connectivity index (χ3v) is 5.34. The van der Waals surface area contributed by atoms with Gasteiger partial charge < -0.3 is 20.7 Å². The molecule has 0 radical (unpaired) electrons. The lowest BCUT2D eigenvalue weighted by atomic mass is 10.1. The summed E-state index contributed by atoms with van der Waals surface area (Å²) in [5.41, 5.74) is 7.94. The largest absolute Gasteiger partial charge is 0.484 e. The zero-order valence-corrected chi connectivity index (χ0v) is 17.5. The first-order valence-electron chi connectivity index (χ1n) is 10.4. The van der Waals surface area contributed by atoms with Crippen LogP contribution in [0.4, 0.5) is 0 Å². The Morgan fingerprint density at radius 1 is 0.933 bits per heavy atom. The standard InChI is InChI=1S/C23H30N4O3/c1-2-26-11-13-27(14-12-26)16-19-5-3-18(4-6-19)15-25-22(28)17-30-21-9-7-20(8-10-21)23(24)29/h3-10H,2,11-17H2,1H3,(H2,24,29)(H,25,28). The number of primary amides is 1. The first-order valence-corrected chi connectivity index (χ1v) is 10.4. The van der Waals surface area contributed by atoms with Crippen molar-refractivity contribution in [1.82, 2.24) is 15.1 Å². The zero-order chi connectivity index (χ0) is 21.3. The van der Waals surface area contributed by atoms with Gasteiger partial charge in [0.1, 0.15) is 5.75 Å². The Balaban J connectivity index is 1.38. The molecule has 1 aliphatic rings. The van der Waals surface area contributed by atoms with E-state index in [0.29, 0.717) is 17.9 Å². The van der Waals surface area contributed by atoms with E-state index in [2.05, 4.69) is 46.3 Å². The SMILES string of the molecule is CCN1CCN(Cc2ccc(CNC(=O)COc3ccc(C(N)=O)cc3)cc2)CC1. The number of nitrogens with two attached hydrogens (primary N) is 1. The number of piperazine rings is 1. The lowest BCUT2D eigenvalue weighted by Crippen LogP contribution is -2.45. The van der Waals surface area contributed by atoms with Crippen LogP contribution in [0.1, 0.15) is 28.4 Å². The molecule has 0 aromatic heterocycles. The number of rotatable bonds is 9. The smallest absolute Gasteiger partial charge is 0.258 e. The van der Waals surface area contributed by atoms with Crippen molar-refractivity contribution in [3.8, 4) is 5.75 Å². The summed E-state index contributed by atoms with van der Waals surface area (Å²) in [5.74, 6) is -0.185. The minimum Gasteiger partial charge on any atom is -0.484 e. The molecule has 3 rings (SSSR count). The van der Waals surface area contributed by atoms with E-state index in [1.54, 1.807) is 24.3 Å². The number of nitrogens with zero attached hydrogens (tertiary/aromatic N) is 2. The summed E-state index contributed by atoms with van der Waals surface area (Å²) in [6, 6.07) is 14.8. The van der Waals surface area contributed by atoms with E-state index in [-0.39, 0.29) is 12.5 Å². The van der Waals surface area contributed by atoms with Crippen LogP contribution < -0.4 is 15.8 Å². The van der Waals surface area contributed by atoms with Gasteiger partial charge in [-0.25, -0.2) is 0 Å². The van der Waals surface area contributed by atoms with E-state index in [1.807, 2.05) is 0 Å². The van der Waals surface area contributed by atoms with Gasteiger partial charge in [-0.3, -0.25) is 14.5 Å². The molecule has 7 heteroatoms. The van der Waals surface area contributed by atoms with Crippen LogP contribution in [0.3, 0.4) is 0 Å². The molecule has 1 saturated heterocycles. The summed E-state index contributed by atoms with van der Waals surface area (Å²) >= 11 is 0. The van der Waals surface area contributed by atoms with Crippen molar-refractivity contribution >= 4 is 11.8 Å². The highest BCUT2D eigenvalue weighted by Crippen LogP contribution is 2.12. The van der Waals surface area contributed by atoms with Gasteiger partial charge in [-0.1, -0.05) is 31.2 Å². The van der Waals surface area contributed by atoms with Gasteiger partial charge in [-0.2, -0.15) is 0 Å². The van der Waals surface area contributed by atoms with Crippen molar-refractivity contribution in [2.75, 3.05) is 39.3 Å². The molecule has 0 bridgehead atoms. The third kappa shape index (κ3) is 6.57. The van der Waals surface area contributed by atoms with E-state index >= 15 is 0 Å². The molecule has 0 atom stereocenters. The van der Waals surface area contributed by atoms with E-state index in [1.165, 1.54) is 5.56 Å². The summed E-state index contributed by atoms with van der Waals surface area (Å²) < 4.78 is 5.44. The molecular weight excluding hydrogens is 380 g/mol. The number of nitrogens with one attached hydrogen (secondary N) is 1. The number of likely N-dealkylation sites (N-methyl/N-ethyl adjacent to an activating group) is 1. The van der Waals surface area contributed by atoms with Crippen LogP contribution in [0, 0.1) is 0 Å². The van der Waals surface area contributed by atoms with Gasteiger partial charge in [0.15, 0.2) is 6.61 Å². The summed E-state index contributed by atoms with van der Waals surface area (Å²) in [6.45, 7) is 9.16. The van der Waals surface area contributed by atoms with E-state index in [0.717, 1.165) is 44.8 Å². The lowest BCUT2D eigenvalue weighted by molar-refractivity contribution is -0.123. The highest BCUT2D eigenvalue weighted by molar-refractivity contribution is 5.92. The second-order valence-corrected chi connectivity index (χ2v) is 7.48. The number of amides is 2. The molecule has 160 valence electrons. The van der Waals surface area contributed by atoms with Gasteiger partial charge in [-0.05, 0) is 41.9 Å². The van der Waals surface area contributed by atoms with Crippen LogP contribution in [0.2, 0.25) is 0 Å². The van der Waals surface area contributed by atoms with Crippen molar-refractivity contribution in [1.29, 1.82) is 0 Å². The Kier molecular flexibility index (Phi) is 7.82. The normalized spacial score (nSPS) is 15.0. The van der Waals surface area contributed by atoms with Gasteiger partial charge in [0.05, 0.1) is 0 Å². The molecule has 30 heavy (non-hydrogen) atoms. The monoisotopic (exact) mass is 410 g/mol. The quantitative estimate of drug-likeness (QED) is 0.656.